The van der Waals surface area contributed by atoms with Crippen molar-refractivity contribution in [2.24, 2.45) is 11.3 Å². The van der Waals surface area contributed by atoms with Crippen molar-refractivity contribution in [1.29, 1.82) is 0 Å². The Morgan fingerprint density at radius 2 is 1.97 bits per heavy atom. The Morgan fingerprint density at radius 3 is 2.53 bits per heavy atom. The quantitative estimate of drug-likeness (QED) is 0.577. The molecule has 1 saturated heterocycles. The van der Waals surface area contributed by atoms with Gasteiger partial charge in [-0.1, -0.05) is 27.7 Å². The van der Waals surface area contributed by atoms with Crippen molar-refractivity contribution in [3.05, 3.63) is 16.1 Å². The lowest BCUT2D eigenvalue weighted by Crippen LogP contribution is -2.56. The maximum atomic E-state index is 13.3. The number of amides is 2. The SMILES string of the molecule is CCN[C@H](C(=O)N1C[C@H](O)C[C@H]1C(=O)NCC1CCC(c2scnc2C)CC1)C(C)(C)C. The molecule has 7 nitrogen and oxygen atoms in total. The lowest BCUT2D eigenvalue weighted by Gasteiger charge is -2.35. The molecule has 2 fully saturated rings. The van der Waals surface area contributed by atoms with Crippen LogP contribution in [0.15, 0.2) is 5.51 Å². The second-order valence-electron chi connectivity index (χ2n) is 10.5. The van der Waals surface area contributed by atoms with E-state index in [4.69, 9.17) is 0 Å². The summed E-state index contributed by atoms with van der Waals surface area (Å²) >= 11 is 1.76. The van der Waals surface area contributed by atoms with E-state index in [-0.39, 0.29) is 23.8 Å². The number of rotatable bonds is 7. The molecule has 3 N–H and O–H groups in total. The summed E-state index contributed by atoms with van der Waals surface area (Å²) in [7, 11) is 0. The van der Waals surface area contributed by atoms with Gasteiger partial charge in [-0.05, 0) is 56.4 Å². The van der Waals surface area contributed by atoms with E-state index in [0.29, 0.717) is 31.3 Å². The van der Waals surface area contributed by atoms with Gasteiger partial charge in [-0.15, -0.1) is 11.3 Å². The van der Waals surface area contributed by atoms with E-state index < -0.39 is 18.2 Å². The third kappa shape index (κ3) is 5.88. The van der Waals surface area contributed by atoms with Crippen LogP contribution in [0.5, 0.6) is 0 Å². The van der Waals surface area contributed by atoms with Crippen molar-refractivity contribution >= 4 is 23.2 Å². The Hall–Kier alpha value is -1.51. The number of β-amino-alcohol motifs (C(OH)–C–C–N with tert-alkyl or cyclic N) is 1. The molecule has 0 spiro atoms. The van der Waals surface area contributed by atoms with Gasteiger partial charge in [0.2, 0.25) is 11.8 Å². The normalized spacial score (nSPS) is 27.4. The Labute approximate surface area is 196 Å². The number of nitrogens with zero attached hydrogens (tertiary/aromatic N) is 2. The fraction of sp³-hybridized carbons (Fsp3) is 0.792. The lowest BCUT2D eigenvalue weighted by molar-refractivity contribution is -0.142. The van der Waals surface area contributed by atoms with Gasteiger partial charge in [0, 0.05) is 24.4 Å². The minimum absolute atomic E-state index is 0.100. The summed E-state index contributed by atoms with van der Waals surface area (Å²) in [5.74, 6) is 0.812. The molecule has 0 aromatic carbocycles. The molecule has 1 aromatic rings. The fourth-order valence-electron chi connectivity index (χ4n) is 5.13. The first-order valence-corrected chi connectivity index (χ1v) is 12.9. The predicted molar refractivity (Wildman–Crippen MR) is 128 cm³/mol. The van der Waals surface area contributed by atoms with Crippen LogP contribution in [0.1, 0.15) is 76.3 Å². The van der Waals surface area contributed by atoms with Gasteiger partial charge in [-0.2, -0.15) is 0 Å². The number of likely N-dealkylation sites (tertiary alicyclic amines) is 1. The fourth-order valence-corrected chi connectivity index (χ4v) is 6.11. The third-order valence-electron chi connectivity index (χ3n) is 6.95. The van der Waals surface area contributed by atoms with Gasteiger partial charge in [0.05, 0.1) is 23.4 Å². The number of aromatic nitrogens is 1. The lowest BCUT2D eigenvalue weighted by atomic mass is 9.81. The van der Waals surface area contributed by atoms with Crippen LogP contribution in [0.4, 0.5) is 0 Å². The van der Waals surface area contributed by atoms with E-state index in [1.165, 1.54) is 4.88 Å². The molecule has 2 heterocycles. The van der Waals surface area contributed by atoms with Crippen LogP contribution in [0.25, 0.3) is 0 Å². The molecule has 2 amide bonds. The number of likely N-dealkylation sites (N-methyl/N-ethyl adjacent to an activating group) is 1. The second kappa shape index (κ2) is 10.6. The van der Waals surface area contributed by atoms with Crippen LogP contribution in [0, 0.1) is 18.3 Å². The van der Waals surface area contributed by atoms with Crippen LogP contribution in [0.3, 0.4) is 0 Å². The molecule has 3 rings (SSSR count). The van der Waals surface area contributed by atoms with E-state index in [9.17, 15) is 14.7 Å². The van der Waals surface area contributed by atoms with Gasteiger partial charge < -0.3 is 20.6 Å². The summed E-state index contributed by atoms with van der Waals surface area (Å²) in [6.07, 6.45) is 4.08. The van der Waals surface area contributed by atoms with Crippen LogP contribution < -0.4 is 10.6 Å². The molecule has 0 radical (unpaired) electrons. The molecule has 1 aliphatic heterocycles. The van der Waals surface area contributed by atoms with E-state index in [0.717, 1.165) is 31.4 Å². The van der Waals surface area contributed by atoms with Crippen LogP contribution >= 0.6 is 11.3 Å². The minimum atomic E-state index is -0.657. The molecule has 1 saturated carbocycles. The number of carbonyl (C=O) groups excluding carboxylic acids is 2. The number of aliphatic hydroxyl groups excluding tert-OH is 1. The number of aliphatic hydroxyl groups is 1. The second-order valence-corrected chi connectivity index (χ2v) is 11.4. The molecule has 180 valence electrons. The number of hydrogen-bond acceptors (Lipinski definition) is 6. The Bertz CT molecular complexity index is 782. The number of aryl methyl sites for hydroxylation is 1. The van der Waals surface area contributed by atoms with Crippen molar-refractivity contribution in [2.45, 2.75) is 90.8 Å². The molecule has 2 aliphatic rings. The standard InChI is InChI=1S/C24H40N4O3S/c1-6-25-21(24(3,4)5)23(31)28-13-18(29)11-19(28)22(30)26-12-16-7-9-17(10-8-16)20-15(2)27-14-32-20/h14,16-19,21,25,29H,6-13H2,1-5H3,(H,26,30)/t16?,17?,18-,19+,21-/m1/s1. The van der Waals surface area contributed by atoms with Crippen molar-refractivity contribution in [2.75, 3.05) is 19.6 Å². The Balaban J connectivity index is 1.54. The summed E-state index contributed by atoms with van der Waals surface area (Å²) in [5.41, 5.74) is 2.80. The molecule has 0 unspecified atom stereocenters. The highest BCUT2D eigenvalue weighted by atomic mass is 32.1. The van der Waals surface area contributed by atoms with Crippen molar-refractivity contribution in [3.63, 3.8) is 0 Å². The van der Waals surface area contributed by atoms with Crippen LogP contribution in [-0.4, -0.2) is 64.6 Å². The minimum Gasteiger partial charge on any atom is -0.391 e. The van der Waals surface area contributed by atoms with Crippen molar-refractivity contribution in [3.8, 4) is 0 Å². The Kier molecular flexibility index (Phi) is 8.33. The molecule has 3 atom stereocenters. The molecular weight excluding hydrogens is 424 g/mol. The number of carbonyl (C=O) groups is 2. The molecule has 0 bridgehead atoms. The average molecular weight is 465 g/mol. The first-order chi connectivity index (χ1) is 15.1. The number of nitrogens with one attached hydrogen (secondary N) is 2. The van der Waals surface area contributed by atoms with Crippen molar-refractivity contribution < 1.29 is 14.7 Å². The molecule has 32 heavy (non-hydrogen) atoms. The highest BCUT2D eigenvalue weighted by molar-refractivity contribution is 7.09. The zero-order valence-electron chi connectivity index (χ0n) is 20.2. The van der Waals surface area contributed by atoms with E-state index in [2.05, 4.69) is 22.5 Å². The van der Waals surface area contributed by atoms with Gasteiger partial charge in [0.1, 0.15) is 6.04 Å². The topological polar surface area (TPSA) is 94.6 Å². The maximum Gasteiger partial charge on any atom is 0.242 e. The zero-order valence-corrected chi connectivity index (χ0v) is 21.0. The van der Waals surface area contributed by atoms with Crippen LogP contribution in [-0.2, 0) is 9.59 Å². The largest absolute Gasteiger partial charge is 0.391 e. The highest BCUT2D eigenvalue weighted by Crippen LogP contribution is 2.38. The highest BCUT2D eigenvalue weighted by Gasteiger charge is 2.43. The Morgan fingerprint density at radius 1 is 1.28 bits per heavy atom. The van der Waals surface area contributed by atoms with E-state index in [1.54, 1.807) is 16.2 Å². The summed E-state index contributed by atoms with van der Waals surface area (Å²) in [6, 6.07) is -0.990. The van der Waals surface area contributed by atoms with E-state index in [1.807, 2.05) is 33.2 Å². The number of hydrogen-bond donors (Lipinski definition) is 3. The summed E-state index contributed by atoms with van der Waals surface area (Å²) in [4.78, 5) is 33.7. The van der Waals surface area contributed by atoms with Gasteiger partial charge in [0.25, 0.3) is 0 Å². The first kappa shape index (κ1) is 25.1. The number of thiazole rings is 1. The monoisotopic (exact) mass is 464 g/mol. The maximum absolute atomic E-state index is 13.3. The van der Waals surface area contributed by atoms with Crippen LogP contribution in [0.2, 0.25) is 0 Å². The zero-order chi connectivity index (χ0) is 23.5. The van der Waals surface area contributed by atoms with Gasteiger partial charge in [-0.3, -0.25) is 9.59 Å². The first-order valence-electron chi connectivity index (χ1n) is 12.0. The summed E-state index contributed by atoms with van der Waals surface area (Å²) in [5, 5.41) is 16.6. The molecule has 1 aromatic heterocycles. The summed E-state index contributed by atoms with van der Waals surface area (Å²) in [6.45, 7) is 11.6. The summed E-state index contributed by atoms with van der Waals surface area (Å²) < 4.78 is 0. The average Bonchev–Trinajstić information content (AvgIpc) is 3.35. The van der Waals surface area contributed by atoms with E-state index >= 15 is 0 Å². The van der Waals surface area contributed by atoms with Crippen molar-refractivity contribution in [1.82, 2.24) is 20.5 Å². The molecule has 8 heteroatoms. The molecular formula is C24H40N4O3S. The third-order valence-corrected chi connectivity index (χ3v) is 8.04. The van der Waals surface area contributed by atoms with Gasteiger partial charge in [0.15, 0.2) is 0 Å². The molecule has 1 aliphatic carbocycles. The van der Waals surface area contributed by atoms with Gasteiger partial charge in [-0.25, -0.2) is 4.98 Å². The van der Waals surface area contributed by atoms with Gasteiger partial charge >= 0.3 is 0 Å². The smallest absolute Gasteiger partial charge is 0.242 e. The predicted octanol–water partition coefficient (Wildman–Crippen LogP) is 2.83.